The molecular weight excluding hydrogens is 312 g/mol. The second-order valence-corrected chi connectivity index (χ2v) is 7.10. The van der Waals surface area contributed by atoms with E-state index < -0.39 is 17.7 Å². The Kier molecular flexibility index (Phi) is 7.47. The molecule has 0 radical (unpaired) electrons. The van der Waals surface area contributed by atoms with Crippen LogP contribution in [0.25, 0.3) is 0 Å². The van der Waals surface area contributed by atoms with Crippen LogP contribution in [0, 0.1) is 0 Å². The zero-order chi connectivity index (χ0) is 18.3. The van der Waals surface area contributed by atoms with Crippen LogP contribution in [0.2, 0.25) is 0 Å². The molecule has 3 N–H and O–H groups in total. The van der Waals surface area contributed by atoms with Crippen molar-refractivity contribution in [2.45, 2.75) is 64.6 Å². The highest BCUT2D eigenvalue weighted by Crippen LogP contribution is 2.20. The summed E-state index contributed by atoms with van der Waals surface area (Å²) >= 11 is 0. The highest BCUT2D eigenvalue weighted by atomic mass is 16.6. The number of nitrogens with one attached hydrogen (secondary N) is 3. The fourth-order valence-corrected chi connectivity index (χ4v) is 2.78. The van der Waals surface area contributed by atoms with Gasteiger partial charge in [0.25, 0.3) is 0 Å². The molecule has 0 bridgehead atoms. The lowest BCUT2D eigenvalue weighted by atomic mass is 9.96. The minimum Gasteiger partial charge on any atom is -0.444 e. The molecule has 0 saturated carbocycles. The highest BCUT2D eigenvalue weighted by molar-refractivity contribution is 5.95. The summed E-state index contributed by atoms with van der Waals surface area (Å²) in [6, 6.07) is -0.650. The number of nitrogens with zero attached hydrogens (tertiary/aromatic N) is 1. The van der Waals surface area contributed by atoms with Crippen molar-refractivity contribution in [3.05, 3.63) is 0 Å². The Morgan fingerprint density at radius 1 is 1.25 bits per heavy atom. The summed E-state index contributed by atoms with van der Waals surface area (Å²) in [5, 5.41) is 7.46. The van der Waals surface area contributed by atoms with Gasteiger partial charge in [0.15, 0.2) is 0 Å². The maximum Gasteiger partial charge on any atom is 0.407 e. The highest BCUT2D eigenvalue weighted by Gasteiger charge is 2.30. The molecular formula is C16H30N4O4. The lowest BCUT2D eigenvalue weighted by Gasteiger charge is -2.39. The standard InChI is InChI=1S/C16H30N4O4/c1-11(18-15(23)24-16(2,3)4)12-8-6-7-9-20(12)10-13(21)19-14(22)17-5/h11-12H,6-10H2,1-5H3,(H,18,23)(H2,17,19,21,22)/t11-,12-/m1/s1. The first-order valence-electron chi connectivity index (χ1n) is 8.37. The molecule has 2 atom stereocenters. The molecule has 0 aromatic carbocycles. The zero-order valence-corrected chi connectivity index (χ0v) is 15.3. The number of rotatable bonds is 4. The van der Waals surface area contributed by atoms with E-state index in [0.29, 0.717) is 0 Å². The number of ether oxygens (including phenoxy) is 1. The van der Waals surface area contributed by atoms with Crippen LogP contribution in [0.5, 0.6) is 0 Å². The van der Waals surface area contributed by atoms with Crippen LogP contribution in [0.1, 0.15) is 47.0 Å². The van der Waals surface area contributed by atoms with Crippen LogP contribution in [-0.4, -0.2) is 60.8 Å². The van der Waals surface area contributed by atoms with E-state index in [4.69, 9.17) is 4.74 Å². The van der Waals surface area contributed by atoms with E-state index in [1.807, 2.05) is 32.6 Å². The van der Waals surface area contributed by atoms with Crippen LogP contribution in [0.3, 0.4) is 0 Å². The van der Waals surface area contributed by atoms with Gasteiger partial charge in [-0.3, -0.25) is 15.0 Å². The number of likely N-dealkylation sites (tertiary alicyclic amines) is 1. The molecule has 0 unspecified atom stereocenters. The quantitative estimate of drug-likeness (QED) is 0.713. The first-order valence-corrected chi connectivity index (χ1v) is 8.37. The molecule has 0 aliphatic carbocycles. The predicted octanol–water partition coefficient (Wildman–Crippen LogP) is 1.21. The summed E-state index contributed by atoms with van der Waals surface area (Å²) in [5.41, 5.74) is -0.552. The van der Waals surface area contributed by atoms with Crippen molar-refractivity contribution < 1.29 is 19.1 Å². The van der Waals surface area contributed by atoms with E-state index in [2.05, 4.69) is 16.0 Å². The summed E-state index contributed by atoms with van der Waals surface area (Å²) < 4.78 is 5.28. The average Bonchev–Trinajstić information content (AvgIpc) is 2.45. The van der Waals surface area contributed by atoms with Crippen molar-refractivity contribution in [2.24, 2.45) is 0 Å². The Labute approximate surface area is 143 Å². The third-order valence-electron chi connectivity index (χ3n) is 3.81. The Morgan fingerprint density at radius 3 is 2.50 bits per heavy atom. The molecule has 8 heteroatoms. The molecule has 0 aromatic rings. The first-order chi connectivity index (χ1) is 11.1. The molecule has 138 valence electrons. The summed E-state index contributed by atoms with van der Waals surface area (Å²) in [5.74, 6) is -0.356. The zero-order valence-electron chi connectivity index (χ0n) is 15.3. The number of amides is 4. The lowest BCUT2D eigenvalue weighted by molar-refractivity contribution is -0.122. The second kappa shape index (κ2) is 8.86. The molecule has 8 nitrogen and oxygen atoms in total. The SMILES string of the molecule is CNC(=O)NC(=O)CN1CCCC[C@@H]1[C@@H](C)NC(=O)OC(C)(C)C. The van der Waals surface area contributed by atoms with Gasteiger partial charge in [0.2, 0.25) is 5.91 Å². The van der Waals surface area contributed by atoms with Crippen molar-refractivity contribution in [2.75, 3.05) is 20.1 Å². The summed E-state index contributed by atoms with van der Waals surface area (Å²) in [7, 11) is 1.46. The molecule has 1 fully saturated rings. The Morgan fingerprint density at radius 2 is 1.92 bits per heavy atom. The van der Waals surface area contributed by atoms with Crippen molar-refractivity contribution in [3.63, 3.8) is 0 Å². The number of hydrogen-bond donors (Lipinski definition) is 3. The van der Waals surface area contributed by atoms with Gasteiger partial charge in [0.05, 0.1) is 6.54 Å². The molecule has 24 heavy (non-hydrogen) atoms. The van der Waals surface area contributed by atoms with Gasteiger partial charge in [-0.25, -0.2) is 9.59 Å². The number of alkyl carbamates (subject to hydrolysis) is 1. The van der Waals surface area contributed by atoms with E-state index in [9.17, 15) is 14.4 Å². The van der Waals surface area contributed by atoms with E-state index >= 15 is 0 Å². The van der Waals surface area contributed by atoms with Gasteiger partial charge in [-0.1, -0.05) is 6.42 Å². The van der Waals surface area contributed by atoms with Gasteiger partial charge < -0.3 is 15.4 Å². The van der Waals surface area contributed by atoms with Crippen LogP contribution in [0.15, 0.2) is 0 Å². The van der Waals surface area contributed by atoms with Crippen molar-refractivity contribution in [3.8, 4) is 0 Å². The lowest BCUT2D eigenvalue weighted by Crippen LogP contribution is -2.55. The van der Waals surface area contributed by atoms with Crippen LogP contribution in [-0.2, 0) is 9.53 Å². The van der Waals surface area contributed by atoms with E-state index in [0.717, 1.165) is 25.8 Å². The minimum absolute atomic E-state index is 0.0294. The van der Waals surface area contributed by atoms with Crippen molar-refractivity contribution in [1.29, 1.82) is 0 Å². The maximum absolute atomic E-state index is 11.9. The topological polar surface area (TPSA) is 99.8 Å². The third-order valence-corrected chi connectivity index (χ3v) is 3.81. The molecule has 4 amide bonds. The third kappa shape index (κ3) is 7.16. The van der Waals surface area contributed by atoms with Gasteiger partial charge in [-0.2, -0.15) is 0 Å². The van der Waals surface area contributed by atoms with Gasteiger partial charge in [-0.05, 0) is 47.1 Å². The van der Waals surface area contributed by atoms with Gasteiger partial charge >= 0.3 is 12.1 Å². The summed E-state index contributed by atoms with van der Waals surface area (Å²) in [6.07, 6.45) is 2.45. The normalized spacial score (nSPS) is 20.0. The number of hydrogen-bond acceptors (Lipinski definition) is 5. The van der Waals surface area contributed by atoms with Crippen molar-refractivity contribution >= 4 is 18.0 Å². The Hall–Kier alpha value is -1.83. The monoisotopic (exact) mass is 342 g/mol. The Bertz CT molecular complexity index is 461. The van der Waals surface area contributed by atoms with Crippen LogP contribution >= 0.6 is 0 Å². The maximum atomic E-state index is 11.9. The van der Waals surface area contributed by atoms with Gasteiger partial charge in [-0.15, -0.1) is 0 Å². The minimum atomic E-state index is -0.552. The van der Waals surface area contributed by atoms with Gasteiger partial charge in [0, 0.05) is 19.1 Å². The largest absolute Gasteiger partial charge is 0.444 e. The number of urea groups is 1. The Balaban J connectivity index is 2.60. The molecule has 1 aliphatic heterocycles. The number of piperidine rings is 1. The molecule has 0 aromatic heterocycles. The smallest absolute Gasteiger partial charge is 0.407 e. The fourth-order valence-electron chi connectivity index (χ4n) is 2.78. The molecule has 1 heterocycles. The molecule has 1 saturated heterocycles. The molecule has 1 aliphatic rings. The molecule has 0 spiro atoms. The average molecular weight is 342 g/mol. The van der Waals surface area contributed by atoms with Crippen LogP contribution < -0.4 is 16.0 Å². The number of imide groups is 1. The van der Waals surface area contributed by atoms with E-state index in [1.54, 1.807) is 0 Å². The van der Waals surface area contributed by atoms with E-state index in [-0.39, 0.29) is 24.5 Å². The summed E-state index contributed by atoms with van der Waals surface area (Å²) in [4.78, 5) is 37.1. The summed E-state index contributed by atoms with van der Waals surface area (Å²) in [6.45, 7) is 8.22. The number of carbonyl (C=O) groups excluding carboxylic acids is 3. The van der Waals surface area contributed by atoms with Crippen molar-refractivity contribution in [1.82, 2.24) is 20.9 Å². The predicted molar refractivity (Wildman–Crippen MR) is 90.6 cm³/mol. The first kappa shape index (κ1) is 20.2. The number of carbonyl (C=O) groups is 3. The second-order valence-electron chi connectivity index (χ2n) is 7.10. The van der Waals surface area contributed by atoms with Gasteiger partial charge in [0.1, 0.15) is 5.60 Å². The van der Waals surface area contributed by atoms with E-state index in [1.165, 1.54) is 7.05 Å². The van der Waals surface area contributed by atoms with Crippen LogP contribution in [0.4, 0.5) is 9.59 Å². The fraction of sp³-hybridized carbons (Fsp3) is 0.812. The molecule has 1 rings (SSSR count).